The first-order chi connectivity index (χ1) is 8.48. The average molecular weight is 318 g/mol. The summed E-state index contributed by atoms with van der Waals surface area (Å²) in [5.41, 5.74) is -0.820. The molecule has 0 saturated carbocycles. The normalized spacial score (nSPS) is 14.4. The van der Waals surface area contributed by atoms with Gasteiger partial charge in [0.05, 0.1) is 10.7 Å². The van der Waals surface area contributed by atoms with Crippen LogP contribution < -0.4 is 5.32 Å². The predicted octanol–water partition coefficient (Wildman–Crippen LogP) is 2.27. The molecule has 0 aromatic carbocycles. The number of aliphatic carboxylic acids is 1. The number of aryl methyl sites for hydroxylation is 1. The molecule has 102 valence electrons. The third kappa shape index (κ3) is 4.42. The maximum absolute atomic E-state index is 11.2. The van der Waals surface area contributed by atoms with Crippen LogP contribution in [0.4, 0.5) is 0 Å². The monoisotopic (exact) mass is 317 g/mol. The number of aromatic nitrogens is 2. The molecule has 1 aromatic rings. The van der Waals surface area contributed by atoms with Gasteiger partial charge in [0.2, 0.25) is 0 Å². The van der Waals surface area contributed by atoms with Crippen molar-refractivity contribution < 1.29 is 9.90 Å². The number of hydrogen-bond acceptors (Lipinski definition) is 3. The summed E-state index contributed by atoms with van der Waals surface area (Å²) in [5, 5.41) is 16.4. The lowest BCUT2D eigenvalue weighted by atomic mass is 9.95. The fourth-order valence-corrected chi connectivity index (χ4v) is 2.20. The van der Waals surface area contributed by atoms with Crippen molar-refractivity contribution >= 4 is 21.9 Å². The van der Waals surface area contributed by atoms with E-state index in [0.29, 0.717) is 13.0 Å². The van der Waals surface area contributed by atoms with Crippen LogP contribution in [0.5, 0.6) is 0 Å². The lowest BCUT2D eigenvalue weighted by Crippen LogP contribution is -2.49. The van der Waals surface area contributed by atoms with Crippen molar-refractivity contribution in [1.29, 1.82) is 0 Å². The largest absolute Gasteiger partial charge is 0.480 e. The van der Waals surface area contributed by atoms with E-state index in [4.69, 9.17) is 0 Å². The van der Waals surface area contributed by atoms with Crippen LogP contribution in [0.25, 0.3) is 0 Å². The van der Waals surface area contributed by atoms with Gasteiger partial charge in [-0.05, 0) is 48.7 Å². The third-order valence-electron chi connectivity index (χ3n) is 2.95. The maximum atomic E-state index is 11.2. The molecule has 0 saturated heterocycles. The molecular formula is C12H20BrN3O2. The van der Waals surface area contributed by atoms with Gasteiger partial charge in [-0.15, -0.1) is 0 Å². The molecule has 0 amide bonds. The van der Waals surface area contributed by atoms with Gasteiger partial charge in [-0.1, -0.05) is 6.92 Å². The third-order valence-corrected chi connectivity index (χ3v) is 3.36. The van der Waals surface area contributed by atoms with E-state index in [2.05, 4.69) is 26.3 Å². The van der Waals surface area contributed by atoms with Crippen molar-refractivity contribution in [2.45, 2.75) is 45.2 Å². The Labute approximate surface area is 116 Å². The number of carbonyl (C=O) groups is 1. The highest BCUT2D eigenvalue weighted by Gasteiger charge is 2.30. The fraction of sp³-hybridized carbons (Fsp3) is 0.667. The Morgan fingerprint density at radius 2 is 2.33 bits per heavy atom. The van der Waals surface area contributed by atoms with Crippen LogP contribution in [0.1, 0.15) is 33.1 Å². The molecule has 0 spiro atoms. The highest BCUT2D eigenvalue weighted by Crippen LogP contribution is 2.15. The van der Waals surface area contributed by atoms with E-state index >= 15 is 0 Å². The Balaban J connectivity index is 2.33. The zero-order valence-electron chi connectivity index (χ0n) is 10.8. The Morgan fingerprint density at radius 1 is 1.61 bits per heavy atom. The van der Waals surface area contributed by atoms with Gasteiger partial charge in [-0.2, -0.15) is 5.10 Å². The summed E-state index contributed by atoms with van der Waals surface area (Å²) < 4.78 is 2.82. The van der Waals surface area contributed by atoms with Crippen LogP contribution in [0.15, 0.2) is 16.9 Å². The number of nitrogens with zero attached hydrogens (tertiary/aromatic N) is 2. The number of carboxylic acid groups (broad SMARTS) is 1. The Hall–Kier alpha value is -0.880. The van der Waals surface area contributed by atoms with Crippen LogP contribution in [-0.2, 0) is 11.3 Å². The molecule has 1 atom stereocenters. The molecule has 1 unspecified atom stereocenters. The molecular weight excluding hydrogens is 298 g/mol. The zero-order chi connectivity index (χ0) is 13.6. The molecule has 18 heavy (non-hydrogen) atoms. The van der Waals surface area contributed by atoms with Gasteiger partial charge in [0, 0.05) is 12.7 Å². The molecule has 2 N–H and O–H groups in total. The molecule has 5 nitrogen and oxygen atoms in total. The summed E-state index contributed by atoms with van der Waals surface area (Å²) in [6.45, 7) is 5.13. The van der Waals surface area contributed by atoms with Crippen molar-refractivity contribution in [3.8, 4) is 0 Å². The second kappa shape index (κ2) is 6.89. The number of nitrogens with one attached hydrogen (secondary N) is 1. The zero-order valence-corrected chi connectivity index (χ0v) is 12.4. The Bertz CT molecular complexity index is 394. The van der Waals surface area contributed by atoms with Crippen molar-refractivity contribution in [2.24, 2.45) is 0 Å². The van der Waals surface area contributed by atoms with Crippen molar-refractivity contribution in [2.75, 3.05) is 6.54 Å². The van der Waals surface area contributed by atoms with Crippen LogP contribution in [0.2, 0.25) is 0 Å². The first kappa shape index (κ1) is 15.2. The van der Waals surface area contributed by atoms with Crippen molar-refractivity contribution in [3.05, 3.63) is 16.9 Å². The van der Waals surface area contributed by atoms with E-state index in [9.17, 15) is 9.90 Å². The minimum Gasteiger partial charge on any atom is -0.480 e. The predicted molar refractivity (Wildman–Crippen MR) is 73.5 cm³/mol. The molecule has 1 rings (SSSR count). The van der Waals surface area contributed by atoms with Gasteiger partial charge in [0.1, 0.15) is 5.54 Å². The highest BCUT2D eigenvalue weighted by atomic mass is 79.9. The van der Waals surface area contributed by atoms with Gasteiger partial charge in [0.25, 0.3) is 0 Å². The maximum Gasteiger partial charge on any atom is 0.323 e. The van der Waals surface area contributed by atoms with Gasteiger partial charge in [-0.3, -0.25) is 9.48 Å². The van der Waals surface area contributed by atoms with Crippen LogP contribution in [-0.4, -0.2) is 32.9 Å². The summed E-state index contributed by atoms with van der Waals surface area (Å²) in [5.74, 6) is -0.786. The van der Waals surface area contributed by atoms with Crippen LogP contribution >= 0.6 is 15.9 Å². The topological polar surface area (TPSA) is 67.2 Å². The number of halogens is 1. The fourth-order valence-electron chi connectivity index (χ4n) is 1.87. The second-order valence-electron chi connectivity index (χ2n) is 4.55. The number of likely N-dealkylation sites (N-methyl/N-ethyl adjacent to an activating group) is 1. The molecule has 0 aliphatic heterocycles. The average Bonchev–Trinajstić information content (AvgIpc) is 2.71. The van der Waals surface area contributed by atoms with Gasteiger partial charge in [0.15, 0.2) is 0 Å². The molecule has 0 radical (unpaired) electrons. The quantitative estimate of drug-likeness (QED) is 0.722. The summed E-state index contributed by atoms with van der Waals surface area (Å²) in [6.07, 6.45) is 6.06. The van der Waals surface area contributed by atoms with Gasteiger partial charge in [-0.25, -0.2) is 0 Å². The molecule has 6 heteroatoms. The van der Waals surface area contributed by atoms with Crippen LogP contribution in [0.3, 0.4) is 0 Å². The van der Waals surface area contributed by atoms with Crippen molar-refractivity contribution in [1.82, 2.24) is 15.1 Å². The van der Waals surface area contributed by atoms with Crippen molar-refractivity contribution in [3.63, 3.8) is 0 Å². The molecule has 0 aliphatic carbocycles. The van der Waals surface area contributed by atoms with E-state index < -0.39 is 11.5 Å². The second-order valence-corrected chi connectivity index (χ2v) is 5.46. The lowest BCUT2D eigenvalue weighted by molar-refractivity contribution is -0.144. The van der Waals surface area contributed by atoms with Gasteiger partial charge < -0.3 is 10.4 Å². The highest BCUT2D eigenvalue weighted by molar-refractivity contribution is 9.10. The molecule has 0 fully saturated rings. The number of carboxylic acids is 1. The smallest absolute Gasteiger partial charge is 0.323 e. The van der Waals surface area contributed by atoms with E-state index in [1.807, 2.05) is 17.8 Å². The minimum atomic E-state index is -0.820. The first-order valence-electron chi connectivity index (χ1n) is 6.14. The van der Waals surface area contributed by atoms with E-state index in [1.165, 1.54) is 0 Å². The molecule has 1 aromatic heterocycles. The van der Waals surface area contributed by atoms with E-state index in [0.717, 1.165) is 23.9 Å². The standard InChI is InChI=1S/C12H20BrN3O2/c1-3-14-12(2,11(17)18)6-4-5-7-16-9-10(13)8-15-16/h8-9,14H,3-7H2,1-2H3,(H,17,18). The number of hydrogen-bond donors (Lipinski definition) is 2. The molecule has 0 aliphatic rings. The molecule has 1 heterocycles. The summed E-state index contributed by atoms with van der Waals surface area (Å²) in [7, 11) is 0. The van der Waals surface area contributed by atoms with E-state index in [-0.39, 0.29) is 0 Å². The van der Waals surface area contributed by atoms with Gasteiger partial charge >= 0.3 is 5.97 Å². The lowest BCUT2D eigenvalue weighted by Gasteiger charge is -2.25. The van der Waals surface area contributed by atoms with Crippen LogP contribution in [0, 0.1) is 0 Å². The SMILES string of the molecule is CCNC(C)(CCCCn1cc(Br)cn1)C(=O)O. The number of rotatable bonds is 8. The van der Waals surface area contributed by atoms with E-state index in [1.54, 1.807) is 13.1 Å². The minimum absolute atomic E-state index is 0.624. The Kier molecular flexibility index (Phi) is 5.81. The first-order valence-corrected chi connectivity index (χ1v) is 6.93. The summed E-state index contributed by atoms with van der Waals surface area (Å²) in [6, 6.07) is 0. The Morgan fingerprint density at radius 3 is 2.83 bits per heavy atom. The summed E-state index contributed by atoms with van der Waals surface area (Å²) in [4.78, 5) is 11.2. The number of unbranched alkanes of at least 4 members (excludes halogenated alkanes) is 1. The molecule has 0 bridgehead atoms. The summed E-state index contributed by atoms with van der Waals surface area (Å²) >= 11 is 3.34.